The van der Waals surface area contributed by atoms with Gasteiger partial charge in [-0.05, 0) is 16.6 Å². The number of nitrogens with one attached hydrogen (secondary N) is 1. The molecule has 7 heteroatoms. The van der Waals surface area contributed by atoms with Crippen LogP contribution in [-0.4, -0.2) is 9.97 Å². The maximum atomic E-state index is 11.3. The van der Waals surface area contributed by atoms with Crippen molar-refractivity contribution in [2.45, 2.75) is 0 Å². The number of thiophene rings is 1. The number of hydrogen-bond acceptors (Lipinski definition) is 6. The van der Waals surface area contributed by atoms with Crippen LogP contribution in [0.1, 0.15) is 0 Å². The van der Waals surface area contributed by atoms with Crippen molar-refractivity contribution in [3.63, 3.8) is 0 Å². The predicted octanol–water partition coefficient (Wildman–Crippen LogP) is 1.48. The molecule has 0 aromatic carbocycles. The lowest BCUT2D eigenvalue weighted by atomic mass is 10.4. The first-order chi connectivity index (χ1) is 7.22. The molecule has 0 fully saturated rings. The van der Waals surface area contributed by atoms with E-state index in [1.54, 1.807) is 6.07 Å². The van der Waals surface area contributed by atoms with E-state index in [1.807, 2.05) is 11.4 Å². The standard InChI is InChI=1S/C8H6N4O2S/c9-6-5(12-14)8(13)11-7(10-6)4-2-1-3-15-4/h1-3H,(H3,9,10,11,13). The van der Waals surface area contributed by atoms with Crippen molar-refractivity contribution in [3.05, 3.63) is 32.8 Å². The molecule has 0 aliphatic rings. The Balaban J connectivity index is 2.63. The highest BCUT2D eigenvalue weighted by molar-refractivity contribution is 7.13. The average Bonchev–Trinajstić information content (AvgIpc) is 2.69. The minimum Gasteiger partial charge on any atom is -0.382 e. The number of nitroso groups, excluding NO2 is 1. The van der Waals surface area contributed by atoms with E-state index in [4.69, 9.17) is 5.73 Å². The quantitative estimate of drug-likeness (QED) is 0.751. The first-order valence-corrected chi connectivity index (χ1v) is 4.87. The van der Waals surface area contributed by atoms with E-state index in [0.29, 0.717) is 5.82 Å². The van der Waals surface area contributed by atoms with Crippen molar-refractivity contribution < 1.29 is 0 Å². The number of nitrogens with two attached hydrogens (primary N) is 1. The van der Waals surface area contributed by atoms with Gasteiger partial charge in [0.1, 0.15) is 0 Å². The van der Waals surface area contributed by atoms with E-state index in [0.717, 1.165) is 4.88 Å². The normalized spacial score (nSPS) is 10.1. The fourth-order valence-corrected chi connectivity index (χ4v) is 1.77. The summed E-state index contributed by atoms with van der Waals surface area (Å²) in [5, 5.41) is 4.36. The van der Waals surface area contributed by atoms with E-state index in [2.05, 4.69) is 15.1 Å². The number of anilines is 1. The molecule has 0 aliphatic carbocycles. The SMILES string of the molecule is Nc1nc(-c2cccs2)[nH]c(=O)c1N=O. The maximum Gasteiger partial charge on any atom is 0.282 e. The molecular weight excluding hydrogens is 216 g/mol. The van der Waals surface area contributed by atoms with Crippen molar-refractivity contribution >= 4 is 22.8 Å². The molecule has 2 rings (SSSR count). The summed E-state index contributed by atoms with van der Waals surface area (Å²) >= 11 is 1.41. The van der Waals surface area contributed by atoms with E-state index in [9.17, 15) is 9.70 Å². The second-order valence-electron chi connectivity index (χ2n) is 2.72. The van der Waals surface area contributed by atoms with E-state index in [1.165, 1.54) is 11.3 Å². The average molecular weight is 222 g/mol. The maximum absolute atomic E-state index is 11.3. The van der Waals surface area contributed by atoms with Crippen molar-refractivity contribution in [2.75, 3.05) is 5.73 Å². The highest BCUT2D eigenvalue weighted by atomic mass is 32.1. The van der Waals surface area contributed by atoms with Crippen LogP contribution < -0.4 is 11.3 Å². The fourth-order valence-electron chi connectivity index (χ4n) is 1.10. The lowest BCUT2D eigenvalue weighted by Gasteiger charge is -1.99. The number of aromatic nitrogens is 2. The Morgan fingerprint density at radius 2 is 2.33 bits per heavy atom. The number of nitrogen functional groups attached to an aromatic ring is 1. The molecule has 0 bridgehead atoms. The van der Waals surface area contributed by atoms with Crippen LogP contribution in [0.3, 0.4) is 0 Å². The van der Waals surface area contributed by atoms with E-state index in [-0.39, 0.29) is 11.5 Å². The largest absolute Gasteiger partial charge is 0.382 e. The van der Waals surface area contributed by atoms with Gasteiger partial charge in [0.05, 0.1) is 4.88 Å². The molecule has 3 N–H and O–H groups in total. The van der Waals surface area contributed by atoms with Crippen LogP contribution in [0.15, 0.2) is 27.5 Å². The van der Waals surface area contributed by atoms with Gasteiger partial charge in [0.15, 0.2) is 11.6 Å². The summed E-state index contributed by atoms with van der Waals surface area (Å²) in [6, 6.07) is 3.61. The summed E-state index contributed by atoms with van der Waals surface area (Å²) in [6.07, 6.45) is 0. The minimum absolute atomic E-state index is 0.155. The number of hydrogen-bond donors (Lipinski definition) is 2. The van der Waals surface area contributed by atoms with Crippen LogP contribution in [0.5, 0.6) is 0 Å². The van der Waals surface area contributed by atoms with Crippen LogP contribution in [0.2, 0.25) is 0 Å². The number of H-pyrrole nitrogens is 1. The van der Waals surface area contributed by atoms with E-state index >= 15 is 0 Å². The summed E-state index contributed by atoms with van der Waals surface area (Å²) < 4.78 is 0. The molecule has 0 amide bonds. The Morgan fingerprint density at radius 3 is 2.87 bits per heavy atom. The molecule has 2 heterocycles. The van der Waals surface area contributed by atoms with Gasteiger partial charge in [-0.25, -0.2) is 4.98 Å². The third-order valence-corrected chi connectivity index (χ3v) is 2.64. The van der Waals surface area contributed by atoms with Crippen molar-refractivity contribution in [1.82, 2.24) is 9.97 Å². The molecule has 0 unspecified atom stereocenters. The summed E-state index contributed by atoms with van der Waals surface area (Å²) in [4.78, 5) is 28.7. The van der Waals surface area contributed by atoms with Gasteiger partial charge in [-0.3, -0.25) is 4.79 Å². The smallest absolute Gasteiger partial charge is 0.282 e. The van der Waals surface area contributed by atoms with Gasteiger partial charge >= 0.3 is 0 Å². The van der Waals surface area contributed by atoms with Crippen molar-refractivity contribution in [1.29, 1.82) is 0 Å². The van der Waals surface area contributed by atoms with Crippen LogP contribution in [0, 0.1) is 4.91 Å². The molecule has 0 saturated carbocycles. The van der Waals surface area contributed by atoms with Crippen molar-refractivity contribution in [3.8, 4) is 10.7 Å². The third-order valence-electron chi connectivity index (χ3n) is 1.77. The van der Waals surface area contributed by atoms with Crippen LogP contribution in [0.25, 0.3) is 10.7 Å². The second-order valence-corrected chi connectivity index (χ2v) is 3.66. The summed E-state index contributed by atoms with van der Waals surface area (Å²) in [5.74, 6) is 0.192. The number of rotatable bonds is 2. The Morgan fingerprint density at radius 1 is 1.53 bits per heavy atom. The van der Waals surface area contributed by atoms with Crippen molar-refractivity contribution in [2.24, 2.45) is 5.18 Å². The lowest BCUT2D eigenvalue weighted by molar-refractivity contribution is 1.13. The molecule has 6 nitrogen and oxygen atoms in total. The molecular formula is C8H6N4O2S. The van der Waals surface area contributed by atoms with Gasteiger partial charge in [0.2, 0.25) is 5.69 Å². The molecule has 0 spiro atoms. The zero-order valence-electron chi connectivity index (χ0n) is 7.43. The first-order valence-electron chi connectivity index (χ1n) is 3.99. The Bertz CT molecular complexity index is 546. The van der Waals surface area contributed by atoms with Crippen LogP contribution in [0.4, 0.5) is 11.5 Å². The summed E-state index contributed by atoms with van der Waals surface area (Å²) in [6.45, 7) is 0. The zero-order chi connectivity index (χ0) is 10.8. The van der Waals surface area contributed by atoms with E-state index < -0.39 is 5.56 Å². The Kier molecular flexibility index (Phi) is 2.30. The molecule has 15 heavy (non-hydrogen) atoms. The Labute approximate surface area is 87.8 Å². The highest BCUT2D eigenvalue weighted by Gasteiger charge is 2.10. The predicted molar refractivity (Wildman–Crippen MR) is 58.0 cm³/mol. The fraction of sp³-hybridized carbons (Fsp3) is 0. The summed E-state index contributed by atoms with van der Waals surface area (Å²) in [7, 11) is 0. The second kappa shape index (κ2) is 3.62. The number of aromatic amines is 1. The minimum atomic E-state index is -0.624. The Hall–Kier alpha value is -2.02. The highest BCUT2D eigenvalue weighted by Crippen LogP contribution is 2.22. The van der Waals surface area contributed by atoms with Gasteiger partial charge in [-0.2, -0.15) is 0 Å². The molecule has 76 valence electrons. The monoisotopic (exact) mass is 222 g/mol. The molecule has 2 aromatic rings. The molecule has 0 aliphatic heterocycles. The molecule has 0 atom stereocenters. The van der Waals surface area contributed by atoms with Crippen LogP contribution in [-0.2, 0) is 0 Å². The summed E-state index contributed by atoms with van der Waals surface area (Å²) in [5.41, 5.74) is 4.42. The zero-order valence-corrected chi connectivity index (χ0v) is 8.25. The molecule has 0 radical (unpaired) electrons. The van der Waals surface area contributed by atoms with Gasteiger partial charge in [0, 0.05) is 0 Å². The van der Waals surface area contributed by atoms with Gasteiger partial charge < -0.3 is 10.7 Å². The molecule has 2 aromatic heterocycles. The lowest BCUT2D eigenvalue weighted by Crippen LogP contribution is -2.11. The first kappa shape index (κ1) is 9.53. The van der Waals surface area contributed by atoms with Gasteiger partial charge in [0.25, 0.3) is 5.56 Å². The van der Waals surface area contributed by atoms with Gasteiger partial charge in [-0.1, -0.05) is 6.07 Å². The van der Waals surface area contributed by atoms with Crippen LogP contribution >= 0.6 is 11.3 Å². The molecule has 0 saturated heterocycles. The third kappa shape index (κ3) is 1.64. The topological polar surface area (TPSA) is 101 Å². The number of nitrogens with zero attached hydrogens (tertiary/aromatic N) is 2. The van der Waals surface area contributed by atoms with Gasteiger partial charge in [-0.15, -0.1) is 16.2 Å².